The van der Waals surface area contributed by atoms with Gasteiger partial charge in [-0.15, -0.1) is 0 Å². The maximum atomic E-state index is 3.42. The van der Waals surface area contributed by atoms with E-state index < -0.39 is 0 Å². The van der Waals surface area contributed by atoms with Gasteiger partial charge in [0, 0.05) is 6.04 Å². The number of hydrogen-bond donors (Lipinski definition) is 1. The quantitative estimate of drug-likeness (QED) is 0.486. The third-order valence-corrected chi connectivity index (χ3v) is 1.76. The first kappa shape index (κ1) is 6.81. The van der Waals surface area contributed by atoms with Crippen LogP contribution in [0.5, 0.6) is 0 Å². The molecule has 0 saturated carbocycles. The van der Waals surface area contributed by atoms with Gasteiger partial charge >= 0.3 is 0 Å². The molecule has 1 N–H and O–H groups in total. The second-order valence-corrected chi connectivity index (χ2v) is 2.90. The zero-order valence-corrected chi connectivity index (χ0v) is 6.28. The van der Waals surface area contributed by atoms with Crippen LogP contribution in [-0.2, 0) is 0 Å². The molecule has 1 rings (SSSR count). The predicted octanol–water partition coefficient (Wildman–Crippen LogP) is 1.70. The molecular formula is C8H15N. The molecule has 0 bridgehead atoms. The highest BCUT2D eigenvalue weighted by Crippen LogP contribution is 2.08. The van der Waals surface area contributed by atoms with Gasteiger partial charge in [-0.05, 0) is 33.2 Å². The summed E-state index contributed by atoms with van der Waals surface area (Å²) in [6, 6.07) is 0.684. The SMILES string of the molecule is CC1=CCCNC(C)C1. The van der Waals surface area contributed by atoms with Crippen molar-refractivity contribution in [1.29, 1.82) is 0 Å². The van der Waals surface area contributed by atoms with E-state index in [2.05, 4.69) is 25.2 Å². The third-order valence-electron chi connectivity index (χ3n) is 1.76. The summed E-state index contributed by atoms with van der Waals surface area (Å²) in [7, 11) is 0. The summed E-state index contributed by atoms with van der Waals surface area (Å²) in [5.41, 5.74) is 1.53. The highest BCUT2D eigenvalue weighted by atomic mass is 14.9. The molecule has 0 aromatic heterocycles. The predicted molar refractivity (Wildman–Crippen MR) is 40.5 cm³/mol. The van der Waals surface area contributed by atoms with Crippen LogP contribution in [-0.4, -0.2) is 12.6 Å². The Morgan fingerprint density at radius 1 is 1.67 bits per heavy atom. The minimum Gasteiger partial charge on any atom is -0.314 e. The van der Waals surface area contributed by atoms with Crippen molar-refractivity contribution in [3.63, 3.8) is 0 Å². The van der Waals surface area contributed by atoms with Crippen molar-refractivity contribution in [3.05, 3.63) is 11.6 Å². The molecule has 0 aliphatic carbocycles. The molecule has 1 heteroatoms. The lowest BCUT2D eigenvalue weighted by Crippen LogP contribution is -2.24. The Morgan fingerprint density at radius 3 is 3.22 bits per heavy atom. The maximum Gasteiger partial charge on any atom is 0.00759 e. The average molecular weight is 125 g/mol. The summed E-state index contributed by atoms with van der Waals surface area (Å²) in [5.74, 6) is 0. The first-order valence-electron chi connectivity index (χ1n) is 3.68. The van der Waals surface area contributed by atoms with Crippen LogP contribution in [0.25, 0.3) is 0 Å². The molecule has 1 unspecified atom stereocenters. The second kappa shape index (κ2) is 3.02. The fourth-order valence-electron chi connectivity index (χ4n) is 1.29. The zero-order chi connectivity index (χ0) is 6.69. The van der Waals surface area contributed by atoms with Crippen LogP contribution in [0.2, 0.25) is 0 Å². The van der Waals surface area contributed by atoms with E-state index >= 15 is 0 Å². The van der Waals surface area contributed by atoms with E-state index in [9.17, 15) is 0 Å². The van der Waals surface area contributed by atoms with Gasteiger partial charge < -0.3 is 5.32 Å². The lowest BCUT2D eigenvalue weighted by molar-refractivity contribution is 0.565. The molecule has 0 saturated heterocycles. The molecule has 1 nitrogen and oxygen atoms in total. The van der Waals surface area contributed by atoms with Crippen LogP contribution in [0, 0.1) is 0 Å². The van der Waals surface area contributed by atoms with Crippen molar-refractivity contribution < 1.29 is 0 Å². The fraction of sp³-hybridized carbons (Fsp3) is 0.750. The largest absolute Gasteiger partial charge is 0.314 e. The third kappa shape index (κ3) is 2.19. The van der Waals surface area contributed by atoms with Crippen LogP contribution in [0.15, 0.2) is 11.6 Å². The molecule has 0 amide bonds. The lowest BCUT2D eigenvalue weighted by atomic mass is 10.1. The summed E-state index contributed by atoms with van der Waals surface area (Å²) >= 11 is 0. The summed E-state index contributed by atoms with van der Waals surface area (Å²) in [6.45, 7) is 5.60. The summed E-state index contributed by atoms with van der Waals surface area (Å²) < 4.78 is 0. The van der Waals surface area contributed by atoms with Gasteiger partial charge in [-0.1, -0.05) is 11.6 Å². The molecule has 0 spiro atoms. The number of rotatable bonds is 0. The van der Waals surface area contributed by atoms with Crippen molar-refractivity contribution >= 4 is 0 Å². The van der Waals surface area contributed by atoms with Gasteiger partial charge in [-0.25, -0.2) is 0 Å². The van der Waals surface area contributed by atoms with Gasteiger partial charge in [0.2, 0.25) is 0 Å². The van der Waals surface area contributed by atoms with Crippen LogP contribution in [0.3, 0.4) is 0 Å². The Hall–Kier alpha value is -0.300. The normalized spacial score (nSPS) is 29.1. The lowest BCUT2D eigenvalue weighted by Gasteiger charge is -2.08. The molecule has 1 atom stereocenters. The monoisotopic (exact) mass is 125 g/mol. The first-order valence-corrected chi connectivity index (χ1v) is 3.68. The van der Waals surface area contributed by atoms with Crippen LogP contribution in [0.1, 0.15) is 26.7 Å². The average Bonchev–Trinajstić information content (AvgIpc) is 1.93. The molecule has 9 heavy (non-hydrogen) atoms. The molecule has 1 heterocycles. The topological polar surface area (TPSA) is 12.0 Å². The van der Waals surface area contributed by atoms with Crippen molar-refractivity contribution in [1.82, 2.24) is 5.32 Å². The Balaban J connectivity index is 2.44. The van der Waals surface area contributed by atoms with Crippen LogP contribution < -0.4 is 5.32 Å². The van der Waals surface area contributed by atoms with Gasteiger partial charge in [0.05, 0.1) is 0 Å². The minimum atomic E-state index is 0.684. The zero-order valence-electron chi connectivity index (χ0n) is 6.28. The van der Waals surface area contributed by atoms with Gasteiger partial charge in [0.25, 0.3) is 0 Å². The molecule has 52 valence electrons. The van der Waals surface area contributed by atoms with E-state index in [0.717, 1.165) is 6.54 Å². The maximum absolute atomic E-state index is 3.42. The van der Waals surface area contributed by atoms with Gasteiger partial charge in [0.15, 0.2) is 0 Å². The van der Waals surface area contributed by atoms with Gasteiger partial charge in [-0.3, -0.25) is 0 Å². The number of nitrogens with one attached hydrogen (secondary N) is 1. The van der Waals surface area contributed by atoms with E-state index in [1.54, 1.807) is 0 Å². The van der Waals surface area contributed by atoms with E-state index in [0.29, 0.717) is 6.04 Å². The Morgan fingerprint density at radius 2 is 2.44 bits per heavy atom. The molecule has 0 aromatic carbocycles. The standard InChI is InChI=1S/C8H15N/c1-7-4-3-5-9-8(2)6-7/h4,8-9H,3,5-6H2,1-2H3. The number of hydrogen-bond acceptors (Lipinski definition) is 1. The van der Waals surface area contributed by atoms with E-state index in [1.807, 2.05) is 0 Å². The Labute approximate surface area is 57.1 Å². The van der Waals surface area contributed by atoms with Crippen molar-refractivity contribution in [2.24, 2.45) is 0 Å². The summed E-state index contributed by atoms with van der Waals surface area (Å²) in [4.78, 5) is 0. The van der Waals surface area contributed by atoms with Crippen molar-refractivity contribution in [2.45, 2.75) is 32.7 Å². The Kier molecular flexibility index (Phi) is 2.29. The molecule has 1 aliphatic rings. The fourth-order valence-corrected chi connectivity index (χ4v) is 1.29. The Bertz CT molecular complexity index is 116. The second-order valence-electron chi connectivity index (χ2n) is 2.90. The first-order chi connectivity index (χ1) is 4.29. The van der Waals surface area contributed by atoms with E-state index in [-0.39, 0.29) is 0 Å². The van der Waals surface area contributed by atoms with Crippen molar-refractivity contribution in [3.8, 4) is 0 Å². The molecule has 0 radical (unpaired) electrons. The molecular weight excluding hydrogens is 110 g/mol. The van der Waals surface area contributed by atoms with Crippen LogP contribution in [0.4, 0.5) is 0 Å². The minimum absolute atomic E-state index is 0.684. The van der Waals surface area contributed by atoms with Crippen molar-refractivity contribution in [2.75, 3.05) is 6.54 Å². The van der Waals surface area contributed by atoms with Gasteiger partial charge in [0.1, 0.15) is 0 Å². The molecule has 1 aliphatic heterocycles. The highest BCUT2D eigenvalue weighted by molar-refractivity contribution is 5.02. The highest BCUT2D eigenvalue weighted by Gasteiger charge is 2.03. The molecule has 0 aromatic rings. The smallest absolute Gasteiger partial charge is 0.00759 e. The van der Waals surface area contributed by atoms with E-state index in [4.69, 9.17) is 0 Å². The van der Waals surface area contributed by atoms with Gasteiger partial charge in [-0.2, -0.15) is 0 Å². The van der Waals surface area contributed by atoms with Crippen LogP contribution >= 0.6 is 0 Å². The summed E-state index contributed by atoms with van der Waals surface area (Å²) in [5, 5.41) is 3.42. The van der Waals surface area contributed by atoms with E-state index in [1.165, 1.54) is 18.4 Å². The molecule has 0 fully saturated rings. The summed E-state index contributed by atoms with van der Waals surface area (Å²) in [6.07, 6.45) is 4.76.